The highest BCUT2D eigenvalue weighted by molar-refractivity contribution is 5.61. The summed E-state index contributed by atoms with van der Waals surface area (Å²) in [6.45, 7) is 5.41. The number of nitrogens with zero attached hydrogens (tertiary/aromatic N) is 4. The molecule has 3 rings (SSSR count). The Hall–Kier alpha value is -1.78. The van der Waals surface area contributed by atoms with Gasteiger partial charge in [0.25, 0.3) is 0 Å². The molecule has 0 aromatic heterocycles. The summed E-state index contributed by atoms with van der Waals surface area (Å²) in [4.78, 5) is 6.89. The Labute approximate surface area is 152 Å². The second-order valence-corrected chi connectivity index (χ2v) is 7.26. The van der Waals surface area contributed by atoms with Gasteiger partial charge in [-0.3, -0.25) is 4.90 Å². The quantitative estimate of drug-likeness (QED) is 0.823. The molecule has 0 N–H and O–H groups in total. The van der Waals surface area contributed by atoms with E-state index in [4.69, 9.17) is 0 Å². The van der Waals surface area contributed by atoms with E-state index in [1.165, 1.54) is 25.3 Å². The molecule has 2 aliphatic rings. The molecule has 26 heavy (non-hydrogen) atoms. The number of halogens is 3. The van der Waals surface area contributed by atoms with Crippen LogP contribution in [0.4, 0.5) is 18.9 Å². The van der Waals surface area contributed by atoms with Crippen LogP contribution in [0.15, 0.2) is 18.2 Å². The summed E-state index contributed by atoms with van der Waals surface area (Å²) in [6, 6.07) is 5.98. The maximum absolute atomic E-state index is 12.8. The third kappa shape index (κ3) is 4.30. The Kier molecular flexibility index (Phi) is 5.73. The van der Waals surface area contributed by atoms with E-state index in [2.05, 4.69) is 16.8 Å². The molecule has 1 unspecified atom stereocenters. The van der Waals surface area contributed by atoms with Crippen molar-refractivity contribution in [3.63, 3.8) is 0 Å². The third-order valence-electron chi connectivity index (χ3n) is 5.55. The number of piperazine rings is 1. The largest absolute Gasteiger partial charge is 0.416 e. The Morgan fingerprint density at radius 2 is 1.85 bits per heavy atom. The van der Waals surface area contributed by atoms with E-state index in [0.717, 1.165) is 51.4 Å². The number of hydrogen-bond acceptors (Lipinski definition) is 4. The van der Waals surface area contributed by atoms with Gasteiger partial charge >= 0.3 is 6.18 Å². The number of likely N-dealkylation sites (N-methyl/N-ethyl adjacent to an activating group) is 1. The van der Waals surface area contributed by atoms with Crippen molar-refractivity contribution >= 4 is 5.69 Å². The fourth-order valence-corrected chi connectivity index (χ4v) is 3.92. The molecular weight excluding hydrogens is 341 g/mol. The molecule has 0 radical (unpaired) electrons. The number of benzene rings is 1. The van der Waals surface area contributed by atoms with Crippen LogP contribution in [-0.4, -0.2) is 62.2 Å². The van der Waals surface area contributed by atoms with E-state index in [9.17, 15) is 18.4 Å². The Morgan fingerprint density at radius 1 is 1.12 bits per heavy atom. The lowest BCUT2D eigenvalue weighted by Gasteiger charge is -2.41. The van der Waals surface area contributed by atoms with E-state index in [1.54, 1.807) is 0 Å². The van der Waals surface area contributed by atoms with Crippen LogP contribution in [0.2, 0.25) is 0 Å². The highest BCUT2D eigenvalue weighted by atomic mass is 19.4. The topological polar surface area (TPSA) is 33.5 Å². The van der Waals surface area contributed by atoms with Gasteiger partial charge in [0.1, 0.15) is 6.07 Å². The number of likely N-dealkylation sites (tertiary alicyclic amines) is 1. The fourth-order valence-electron chi connectivity index (χ4n) is 3.92. The standard InChI is InChI=1S/C19H25F3N4/c1-24-7-3-2-4-17(24)14-25-8-10-26(11-9-25)18-6-5-16(19(20,21)22)12-15(18)13-23/h5-6,12,17H,2-4,7-11,14H2,1H3. The van der Waals surface area contributed by atoms with Crippen LogP contribution >= 0.6 is 0 Å². The first-order valence-electron chi connectivity index (χ1n) is 9.17. The first-order valence-corrected chi connectivity index (χ1v) is 9.17. The highest BCUT2D eigenvalue weighted by Crippen LogP contribution is 2.33. The van der Waals surface area contributed by atoms with E-state index in [1.807, 2.05) is 11.0 Å². The van der Waals surface area contributed by atoms with Crippen LogP contribution in [0.5, 0.6) is 0 Å². The fraction of sp³-hybridized carbons (Fsp3) is 0.632. The van der Waals surface area contributed by atoms with Crippen molar-refractivity contribution in [1.82, 2.24) is 9.80 Å². The van der Waals surface area contributed by atoms with Crippen LogP contribution in [0.1, 0.15) is 30.4 Å². The Bertz CT molecular complexity index is 660. The van der Waals surface area contributed by atoms with Gasteiger partial charge in [0, 0.05) is 38.8 Å². The molecule has 2 saturated heterocycles. The van der Waals surface area contributed by atoms with E-state index in [-0.39, 0.29) is 5.56 Å². The number of rotatable bonds is 3. The molecule has 7 heteroatoms. The lowest BCUT2D eigenvalue weighted by Crippen LogP contribution is -2.52. The molecule has 1 aromatic carbocycles. The van der Waals surface area contributed by atoms with Crippen molar-refractivity contribution in [3.8, 4) is 6.07 Å². The molecule has 142 valence electrons. The van der Waals surface area contributed by atoms with Crippen LogP contribution in [0, 0.1) is 11.3 Å². The summed E-state index contributed by atoms with van der Waals surface area (Å²) >= 11 is 0. The van der Waals surface area contributed by atoms with Gasteiger partial charge in [-0.25, -0.2) is 0 Å². The molecule has 0 spiro atoms. The van der Waals surface area contributed by atoms with Crippen LogP contribution in [0.25, 0.3) is 0 Å². The molecule has 0 amide bonds. The monoisotopic (exact) mass is 366 g/mol. The average molecular weight is 366 g/mol. The Morgan fingerprint density at radius 3 is 2.46 bits per heavy atom. The van der Waals surface area contributed by atoms with Crippen molar-refractivity contribution in [2.24, 2.45) is 0 Å². The molecule has 2 aliphatic heterocycles. The molecule has 1 aromatic rings. The predicted octanol–water partition coefficient (Wildman–Crippen LogP) is 3.18. The summed E-state index contributed by atoms with van der Waals surface area (Å²) < 4.78 is 38.5. The lowest BCUT2D eigenvalue weighted by atomic mass is 10.0. The first-order chi connectivity index (χ1) is 12.4. The highest BCUT2D eigenvalue weighted by Gasteiger charge is 2.32. The zero-order valence-electron chi connectivity index (χ0n) is 15.1. The summed E-state index contributed by atoms with van der Waals surface area (Å²) in [6.07, 6.45) is -0.638. The number of anilines is 1. The van der Waals surface area contributed by atoms with Gasteiger partial charge in [0.05, 0.1) is 16.8 Å². The van der Waals surface area contributed by atoms with Crippen molar-refractivity contribution in [1.29, 1.82) is 5.26 Å². The predicted molar refractivity (Wildman–Crippen MR) is 95.1 cm³/mol. The number of piperidine rings is 1. The molecule has 0 bridgehead atoms. The average Bonchev–Trinajstić information content (AvgIpc) is 2.63. The van der Waals surface area contributed by atoms with Crippen molar-refractivity contribution in [3.05, 3.63) is 29.3 Å². The maximum Gasteiger partial charge on any atom is 0.416 e. The lowest BCUT2D eigenvalue weighted by molar-refractivity contribution is -0.137. The van der Waals surface area contributed by atoms with Gasteiger partial charge < -0.3 is 9.80 Å². The second kappa shape index (κ2) is 7.85. The SMILES string of the molecule is CN1CCCCC1CN1CCN(c2ccc(C(F)(F)F)cc2C#N)CC1. The smallest absolute Gasteiger partial charge is 0.368 e. The molecular formula is C19H25F3N4. The maximum atomic E-state index is 12.8. The van der Waals surface area contributed by atoms with Gasteiger partial charge in [-0.05, 0) is 44.6 Å². The second-order valence-electron chi connectivity index (χ2n) is 7.26. The summed E-state index contributed by atoms with van der Waals surface area (Å²) in [5, 5.41) is 9.28. The van der Waals surface area contributed by atoms with Gasteiger partial charge in [0.2, 0.25) is 0 Å². The number of hydrogen-bond donors (Lipinski definition) is 0. The summed E-state index contributed by atoms with van der Waals surface area (Å²) in [7, 11) is 2.18. The van der Waals surface area contributed by atoms with Crippen LogP contribution in [0.3, 0.4) is 0 Å². The van der Waals surface area contributed by atoms with E-state index < -0.39 is 11.7 Å². The molecule has 1 atom stereocenters. The van der Waals surface area contributed by atoms with Gasteiger partial charge in [-0.1, -0.05) is 6.42 Å². The van der Waals surface area contributed by atoms with E-state index in [0.29, 0.717) is 11.7 Å². The van der Waals surface area contributed by atoms with Crippen molar-refractivity contribution in [2.45, 2.75) is 31.5 Å². The van der Waals surface area contributed by atoms with Gasteiger partial charge in [-0.2, -0.15) is 18.4 Å². The van der Waals surface area contributed by atoms with Crippen LogP contribution in [-0.2, 0) is 6.18 Å². The zero-order chi connectivity index (χ0) is 18.7. The van der Waals surface area contributed by atoms with Gasteiger partial charge in [-0.15, -0.1) is 0 Å². The molecule has 0 saturated carbocycles. The van der Waals surface area contributed by atoms with E-state index >= 15 is 0 Å². The van der Waals surface area contributed by atoms with Crippen LogP contribution < -0.4 is 4.90 Å². The normalized spacial score (nSPS) is 23.0. The Balaban J connectivity index is 1.62. The minimum Gasteiger partial charge on any atom is -0.368 e. The van der Waals surface area contributed by atoms with Crippen molar-refractivity contribution < 1.29 is 13.2 Å². The summed E-state index contributed by atoms with van der Waals surface area (Å²) in [5.41, 5.74) is -0.0630. The zero-order valence-corrected chi connectivity index (χ0v) is 15.1. The number of nitriles is 1. The van der Waals surface area contributed by atoms with Gasteiger partial charge in [0.15, 0.2) is 0 Å². The first kappa shape index (κ1) is 19.0. The minimum atomic E-state index is -4.42. The molecule has 4 nitrogen and oxygen atoms in total. The van der Waals surface area contributed by atoms with Crippen molar-refractivity contribution in [2.75, 3.05) is 51.2 Å². The third-order valence-corrected chi connectivity index (χ3v) is 5.55. The number of alkyl halides is 3. The molecule has 0 aliphatic carbocycles. The molecule has 2 fully saturated rings. The summed E-state index contributed by atoms with van der Waals surface area (Å²) in [5.74, 6) is 0. The molecule has 2 heterocycles. The minimum absolute atomic E-state index is 0.0975.